The zero-order chi connectivity index (χ0) is 13.3. The highest BCUT2D eigenvalue weighted by Gasteiger charge is 2.14. The van der Waals surface area contributed by atoms with E-state index in [1.807, 2.05) is 31.0 Å². The number of anilines is 1. The summed E-state index contributed by atoms with van der Waals surface area (Å²) in [4.78, 5) is 17.1. The van der Waals surface area contributed by atoms with Crippen LogP contribution in [-0.4, -0.2) is 29.7 Å². The van der Waals surface area contributed by atoms with Crippen LogP contribution in [-0.2, 0) is 0 Å². The van der Waals surface area contributed by atoms with Gasteiger partial charge in [-0.25, -0.2) is 9.78 Å². The molecule has 1 aromatic carbocycles. The van der Waals surface area contributed by atoms with Crippen molar-refractivity contribution < 1.29 is 9.90 Å². The fourth-order valence-electron chi connectivity index (χ4n) is 1.90. The smallest absolute Gasteiger partial charge is 0.355 e. The Bertz CT molecular complexity index is 613. The molecular formula is C13H13ClN2O2. The van der Waals surface area contributed by atoms with Gasteiger partial charge in [-0.15, -0.1) is 0 Å². The van der Waals surface area contributed by atoms with Gasteiger partial charge in [0.25, 0.3) is 0 Å². The summed E-state index contributed by atoms with van der Waals surface area (Å²) in [5.41, 5.74) is 0.936. The fourth-order valence-corrected chi connectivity index (χ4v) is 2.09. The second kappa shape index (κ2) is 4.82. The van der Waals surface area contributed by atoms with Gasteiger partial charge in [-0.2, -0.15) is 0 Å². The number of benzene rings is 1. The van der Waals surface area contributed by atoms with E-state index >= 15 is 0 Å². The van der Waals surface area contributed by atoms with Crippen LogP contribution in [0.5, 0.6) is 0 Å². The van der Waals surface area contributed by atoms with Crippen molar-refractivity contribution in [2.24, 2.45) is 0 Å². The normalized spacial score (nSPS) is 10.6. The van der Waals surface area contributed by atoms with Crippen LogP contribution in [0, 0.1) is 0 Å². The zero-order valence-electron chi connectivity index (χ0n) is 10.1. The molecular weight excluding hydrogens is 252 g/mol. The van der Waals surface area contributed by atoms with Crippen molar-refractivity contribution in [3.8, 4) is 0 Å². The van der Waals surface area contributed by atoms with Crippen LogP contribution in [0.15, 0.2) is 24.3 Å². The summed E-state index contributed by atoms with van der Waals surface area (Å²) < 4.78 is 0. The van der Waals surface area contributed by atoms with Gasteiger partial charge in [0.15, 0.2) is 5.69 Å². The molecule has 0 amide bonds. The number of hydrogen-bond acceptors (Lipinski definition) is 3. The number of carboxylic acid groups (broad SMARTS) is 1. The lowest BCUT2D eigenvalue weighted by atomic mass is 10.1. The Balaban J connectivity index is 2.81. The van der Waals surface area contributed by atoms with Gasteiger partial charge in [0.1, 0.15) is 5.15 Å². The summed E-state index contributed by atoms with van der Waals surface area (Å²) >= 11 is 5.89. The van der Waals surface area contributed by atoms with E-state index in [0.29, 0.717) is 5.39 Å². The average Bonchev–Trinajstić information content (AvgIpc) is 2.36. The monoisotopic (exact) mass is 264 g/mol. The van der Waals surface area contributed by atoms with Gasteiger partial charge in [-0.05, 0) is 19.1 Å². The molecule has 0 unspecified atom stereocenters. The van der Waals surface area contributed by atoms with Crippen molar-refractivity contribution in [1.82, 2.24) is 4.98 Å². The Kier molecular flexibility index (Phi) is 3.39. The molecule has 1 heterocycles. The second-order valence-electron chi connectivity index (χ2n) is 3.99. The molecule has 2 rings (SSSR count). The van der Waals surface area contributed by atoms with Crippen LogP contribution in [0.3, 0.4) is 0 Å². The van der Waals surface area contributed by atoms with Crippen molar-refractivity contribution >= 4 is 34.0 Å². The van der Waals surface area contributed by atoms with Crippen molar-refractivity contribution in [3.05, 3.63) is 35.1 Å². The summed E-state index contributed by atoms with van der Waals surface area (Å²) in [6.45, 7) is 2.85. The summed E-state index contributed by atoms with van der Waals surface area (Å²) in [6.07, 6.45) is 0. The minimum atomic E-state index is -1.07. The molecule has 18 heavy (non-hydrogen) atoms. The highest BCUT2D eigenvalue weighted by molar-refractivity contribution is 6.30. The molecule has 0 aliphatic carbocycles. The summed E-state index contributed by atoms with van der Waals surface area (Å²) in [5, 5.41) is 10.8. The van der Waals surface area contributed by atoms with Crippen LogP contribution >= 0.6 is 11.6 Å². The lowest BCUT2D eigenvalue weighted by Crippen LogP contribution is -2.16. The number of halogens is 1. The molecule has 0 atom stereocenters. The first kappa shape index (κ1) is 12.6. The molecule has 2 aromatic rings. The third-order valence-corrected chi connectivity index (χ3v) is 3.10. The molecule has 0 fully saturated rings. The molecule has 0 aliphatic heterocycles. The van der Waals surface area contributed by atoms with E-state index in [4.69, 9.17) is 16.7 Å². The van der Waals surface area contributed by atoms with Gasteiger partial charge < -0.3 is 10.0 Å². The number of aromatic nitrogens is 1. The molecule has 0 saturated heterocycles. The maximum Gasteiger partial charge on any atom is 0.355 e. The number of hydrogen-bond donors (Lipinski definition) is 1. The molecule has 0 aliphatic rings. The van der Waals surface area contributed by atoms with E-state index in [1.54, 1.807) is 12.1 Å². The molecule has 1 N–H and O–H groups in total. The number of carbonyl (C=O) groups is 1. The Morgan fingerprint density at radius 2 is 2.17 bits per heavy atom. The predicted molar refractivity (Wildman–Crippen MR) is 72.7 cm³/mol. The molecule has 5 heteroatoms. The number of fused-ring (bicyclic) bond motifs is 1. The Labute approximate surface area is 110 Å². The summed E-state index contributed by atoms with van der Waals surface area (Å²) in [5.74, 6) is -1.07. The fraction of sp³-hybridized carbons (Fsp3) is 0.231. The third kappa shape index (κ3) is 2.11. The molecule has 1 aromatic heterocycles. The largest absolute Gasteiger partial charge is 0.476 e. The predicted octanol–water partition coefficient (Wildman–Crippen LogP) is 3.04. The first-order chi connectivity index (χ1) is 8.54. The highest BCUT2D eigenvalue weighted by Crippen LogP contribution is 2.29. The van der Waals surface area contributed by atoms with Gasteiger partial charge in [0.05, 0.1) is 0 Å². The molecule has 0 bridgehead atoms. The number of aromatic carboxylic acids is 1. The molecule has 0 radical (unpaired) electrons. The topological polar surface area (TPSA) is 53.4 Å². The van der Waals surface area contributed by atoms with Gasteiger partial charge in [0, 0.05) is 30.1 Å². The number of pyridine rings is 1. The van der Waals surface area contributed by atoms with Crippen LogP contribution in [0.25, 0.3) is 10.8 Å². The lowest BCUT2D eigenvalue weighted by Gasteiger charge is -2.19. The SMILES string of the molecule is CCN(C)c1cccc2c(C(=O)O)nc(Cl)cc12. The number of rotatable bonds is 3. The second-order valence-corrected chi connectivity index (χ2v) is 4.37. The van der Waals surface area contributed by atoms with Crippen molar-refractivity contribution in [3.63, 3.8) is 0 Å². The van der Waals surface area contributed by atoms with Crippen molar-refractivity contribution in [2.45, 2.75) is 6.92 Å². The third-order valence-electron chi connectivity index (χ3n) is 2.91. The minimum absolute atomic E-state index is 0.0103. The van der Waals surface area contributed by atoms with Crippen molar-refractivity contribution in [1.29, 1.82) is 0 Å². The number of nitrogens with zero attached hydrogens (tertiary/aromatic N) is 2. The molecule has 0 saturated carbocycles. The van der Waals surface area contributed by atoms with E-state index in [2.05, 4.69) is 4.98 Å². The summed E-state index contributed by atoms with van der Waals surface area (Å²) in [7, 11) is 1.95. The average molecular weight is 265 g/mol. The van der Waals surface area contributed by atoms with Crippen LogP contribution in [0.4, 0.5) is 5.69 Å². The van der Waals surface area contributed by atoms with Gasteiger partial charge in [-0.1, -0.05) is 23.7 Å². The van der Waals surface area contributed by atoms with E-state index in [1.165, 1.54) is 0 Å². The lowest BCUT2D eigenvalue weighted by molar-refractivity contribution is 0.0693. The van der Waals surface area contributed by atoms with E-state index in [-0.39, 0.29) is 10.8 Å². The van der Waals surface area contributed by atoms with E-state index < -0.39 is 5.97 Å². The Morgan fingerprint density at radius 3 is 2.78 bits per heavy atom. The van der Waals surface area contributed by atoms with Crippen LogP contribution in [0.2, 0.25) is 5.15 Å². The van der Waals surface area contributed by atoms with Crippen LogP contribution < -0.4 is 4.90 Å². The highest BCUT2D eigenvalue weighted by atomic mass is 35.5. The Hall–Kier alpha value is -1.81. The zero-order valence-corrected chi connectivity index (χ0v) is 10.9. The van der Waals surface area contributed by atoms with Gasteiger partial charge in [-0.3, -0.25) is 0 Å². The maximum atomic E-state index is 11.2. The van der Waals surface area contributed by atoms with Gasteiger partial charge in [0.2, 0.25) is 0 Å². The first-order valence-corrected chi connectivity index (χ1v) is 5.96. The van der Waals surface area contributed by atoms with E-state index in [0.717, 1.165) is 17.6 Å². The Morgan fingerprint density at radius 1 is 1.44 bits per heavy atom. The molecule has 94 valence electrons. The van der Waals surface area contributed by atoms with E-state index in [9.17, 15) is 4.79 Å². The van der Waals surface area contributed by atoms with Gasteiger partial charge >= 0.3 is 5.97 Å². The first-order valence-electron chi connectivity index (χ1n) is 5.58. The maximum absolute atomic E-state index is 11.2. The molecule has 4 nitrogen and oxygen atoms in total. The minimum Gasteiger partial charge on any atom is -0.476 e. The van der Waals surface area contributed by atoms with Crippen molar-refractivity contribution in [2.75, 3.05) is 18.5 Å². The summed E-state index contributed by atoms with van der Waals surface area (Å²) in [6, 6.07) is 7.21. The standard InChI is InChI=1S/C13H13ClN2O2/c1-3-16(2)10-6-4-5-8-9(10)7-11(14)15-12(8)13(17)18/h4-7H,3H2,1-2H3,(H,17,18). The number of carboxylic acids is 1. The molecule has 0 spiro atoms. The quantitative estimate of drug-likeness (QED) is 0.866. The van der Waals surface area contributed by atoms with Crippen LogP contribution in [0.1, 0.15) is 17.4 Å².